The van der Waals surface area contributed by atoms with Crippen LogP contribution in [-0.2, 0) is 7.05 Å². The highest BCUT2D eigenvalue weighted by atomic mass is 32.1. The molecule has 0 N–H and O–H groups in total. The minimum Gasteiger partial charge on any atom is -0.350 e. The average molecular weight is 339 g/mol. The first-order valence-electron chi connectivity index (χ1n) is 8.39. The van der Waals surface area contributed by atoms with E-state index in [4.69, 9.17) is 0 Å². The summed E-state index contributed by atoms with van der Waals surface area (Å²) in [4.78, 5) is 20.9. The normalized spacial score (nSPS) is 18.2. The number of benzene rings is 1. The smallest absolute Gasteiger partial charge is 0.256 e. The highest BCUT2D eigenvalue weighted by Gasteiger charge is 2.28. The van der Waals surface area contributed by atoms with E-state index in [1.807, 2.05) is 47.1 Å². The van der Waals surface area contributed by atoms with Gasteiger partial charge in [-0.1, -0.05) is 18.2 Å². The molecule has 0 unspecified atom stereocenters. The second kappa shape index (κ2) is 6.06. The topological polar surface area (TPSA) is 38.1 Å². The van der Waals surface area contributed by atoms with E-state index in [1.54, 1.807) is 11.3 Å². The Morgan fingerprint density at radius 1 is 1.33 bits per heavy atom. The maximum Gasteiger partial charge on any atom is 0.256 e. The molecule has 1 aliphatic heterocycles. The van der Waals surface area contributed by atoms with Gasteiger partial charge in [-0.3, -0.25) is 4.79 Å². The molecule has 1 atom stereocenters. The van der Waals surface area contributed by atoms with Gasteiger partial charge < -0.3 is 9.47 Å². The van der Waals surface area contributed by atoms with Gasteiger partial charge in [0.05, 0.1) is 10.6 Å². The average Bonchev–Trinajstić information content (AvgIpc) is 3.19. The fourth-order valence-electron chi connectivity index (χ4n) is 3.61. The molecule has 0 spiro atoms. The molecule has 4 rings (SSSR count). The number of piperidine rings is 1. The van der Waals surface area contributed by atoms with Crippen molar-refractivity contribution in [3.05, 3.63) is 52.1 Å². The maximum absolute atomic E-state index is 13.1. The number of aryl methyl sites for hydroxylation is 2. The van der Waals surface area contributed by atoms with Gasteiger partial charge in [-0.15, -0.1) is 11.3 Å². The molecule has 0 saturated carbocycles. The largest absolute Gasteiger partial charge is 0.350 e. The number of carbonyl (C=O) groups excluding carboxylic acids is 1. The van der Waals surface area contributed by atoms with Crippen LogP contribution in [0.15, 0.2) is 36.7 Å². The third-order valence-electron chi connectivity index (χ3n) is 4.82. The first-order chi connectivity index (χ1) is 11.6. The number of fused-ring (bicyclic) bond motifs is 1. The maximum atomic E-state index is 13.1. The summed E-state index contributed by atoms with van der Waals surface area (Å²) in [6, 6.07) is 8.10. The number of carbonyl (C=O) groups is 1. The molecule has 1 aliphatic rings. The van der Waals surface area contributed by atoms with Crippen molar-refractivity contribution in [2.24, 2.45) is 7.05 Å². The number of rotatable bonds is 2. The Morgan fingerprint density at radius 2 is 2.17 bits per heavy atom. The van der Waals surface area contributed by atoms with Crippen molar-refractivity contribution in [2.75, 3.05) is 13.1 Å². The molecule has 4 nitrogen and oxygen atoms in total. The number of aromatic nitrogens is 2. The second-order valence-electron chi connectivity index (χ2n) is 6.57. The summed E-state index contributed by atoms with van der Waals surface area (Å²) >= 11 is 1.76. The zero-order chi connectivity index (χ0) is 16.7. The van der Waals surface area contributed by atoms with Crippen LogP contribution in [0.5, 0.6) is 0 Å². The number of thiazole rings is 1. The van der Waals surface area contributed by atoms with Crippen LogP contribution in [0.4, 0.5) is 0 Å². The molecule has 0 bridgehead atoms. The Hall–Kier alpha value is -2.14. The van der Waals surface area contributed by atoms with Crippen molar-refractivity contribution in [3.63, 3.8) is 0 Å². The van der Waals surface area contributed by atoms with Gasteiger partial charge >= 0.3 is 0 Å². The molecule has 0 aliphatic carbocycles. The summed E-state index contributed by atoms with van der Waals surface area (Å²) in [5.74, 6) is 0.515. The van der Waals surface area contributed by atoms with Crippen molar-refractivity contribution >= 4 is 28.1 Å². The number of likely N-dealkylation sites (tertiary alicyclic amines) is 1. The SMILES string of the molecule is Cc1cnc([C@@H]2CCCN(C(=O)c3cn(C)c4ccccc34)C2)s1. The standard InChI is InChI=1S/C19H21N3OS/c1-13-10-20-18(24-13)14-6-5-9-22(11-14)19(23)16-12-21(2)17-8-4-3-7-15(16)17/h3-4,7-8,10,12,14H,5-6,9,11H2,1-2H3/t14-/m1/s1. The van der Waals surface area contributed by atoms with E-state index in [0.29, 0.717) is 5.92 Å². The molecule has 1 aromatic carbocycles. The van der Waals surface area contributed by atoms with Crippen LogP contribution in [0.1, 0.15) is 39.0 Å². The molecule has 1 saturated heterocycles. The van der Waals surface area contributed by atoms with Crippen LogP contribution in [0.25, 0.3) is 10.9 Å². The summed E-state index contributed by atoms with van der Waals surface area (Å²) in [5.41, 5.74) is 1.91. The first kappa shape index (κ1) is 15.4. The zero-order valence-corrected chi connectivity index (χ0v) is 14.8. The predicted octanol–water partition coefficient (Wildman–Crippen LogP) is 3.96. The van der Waals surface area contributed by atoms with E-state index in [9.17, 15) is 4.79 Å². The van der Waals surface area contributed by atoms with Gasteiger partial charge in [0.15, 0.2) is 0 Å². The Labute approximate surface area is 145 Å². The summed E-state index contributed by atoms with van der Waals surface area (Å²) in [6.45, 7) is 3.70. The molecule has 1 fully saturated rings. The van der Waals surface area contributed by atoms with Crippen molar-refractivity contribution in [1.29, 1.82) is 0 Å². The van der Waals surface area contributed by atoms with Gasteiger partial charge in [0, 0.05) is 54.2 Å². The van der Waals surface area contributed by atoms with Crippen LogP contribution in [0, 0.1) is 6.92 Å². The molecule has 24 heavy (non-hydrogen) atoms. The Kier molecular flexibility index (Phi) is 3.88. The van der Waals surface area contributed by atoms with Crippen LogP contribution in [0.3, 0.4) is 0 Å². The van der Waals surface area contributed by atoms with E-state index >= 15 is 0 Å². The lowest BCUT2D eigenvalue weighted by Gasteiger charge is -2.31. The van der Waals surface area contributed by atoms with Crippen molar-refractivity contribution in [2.45, 2.75) is 25.7 Å². The predicted molar refractivity (Wildman–Crippen MR) is 97.6 cm³/mol. The van der Waals surface area contributed by atoms with Gasteiger partial charge in [-0.25, -0.2) is 4.98 Å². The summed E-state index contributed by atoms with van der Waals surface area (Å²) in [6.07, 6.45) is 6.06. The number of nitrogens with zero attached hydrogens (tertiary/aromatic N) is 3. The van der Waals surface area contributed by atoms with Gasteiger partial charge in [0.1, 0.15) is 0 Å². The highest BCUT2D eigenvalue weighted by molar-refractivity contribution is 7.11. The third kappa shape index (κ3) is 2.63. The highest BCUT2D eigenvalue weighted by Crippen LogP contribution is 2.31. The molecule has 124 valence electrons. The number of hydrogen-bond donors (Lipinski definition) is 0. The monoisotopic (exact) mass is 339 g/mol. The first-order valence-corrected chi connectivity index (χ1v) is 9.21. The Morgan fingerprint density at radius 3 is 2.96 bits per heavy atom. The van der Waals surface area contributed by atoms with Crippen LogP contribution in [0.2, 0.25) is 0 Å². The minimum atomic E-state index is 0.143. The fraction of sp³-hybridized carbons (Fsp3) is 0.368. The number of para-hydroxylation sites is 1. The lowest BCUT2D eigenvalue weighted by atomic mass is 9.98. The number of hydrogen-bond acceptors (Lipinski definition) is 3. The molecular weight excluding hydrogens is 318 g/mol. The summed E-state index contributed by atoms with van der Waals surface area (Å²) in [5, 5.41) is 2.21. The molecule has 3 heterocycles. The molecule has 5 heteroatoms. The Balaban J connectivity index is 1.61. The molecule has 2 aromatic heterocycles. The van der Waals surface area contributed by atoms with Gasteiger partial charge in [-0.05, 0) is 25.8 Å². The number of amides is 1. The van der Waals surface area contributed by atoms with E-state index in [-0.39, 0.29) is 5.91 Å². The fourth-order valence-corrected chi connectivity index (χ4v) is 4.51. The summed E-state index contributed by atoms with van der Waals surface area (Å²) < 4.78 is 2.04. The molecular formula is C19H21N3OS. The molecule has 0 radical (unpaired) electrons. The lowest BCUT2D eigenvalue weighted by Crippen LogP contribution is -2.39. The molecule has 1 amide bonds. The van der Waals surface area contributed by atoms with Crippen LogP contribution < -0.4 is 0 Å². The Bertz CT molecular complexity index is 895. The van der Waals surface area contributed by atoms with Gasteiger partial charge in [0.2, 0.25) is 0 Å². The van der Waals surface area contributed by atoms with Crippen LogP contribution in [-0.4, -0.2) is 33.4 Å². The van der Waals surface area contributed by atoms with Crippen molar-refractivity contribution in [3.8, 4) is 0 Å². The lowest BCUT2D eigenvalue weighted by molar-refractivity contribution is 0.0709. The summed E-state index contributed by atoms with van der Waals surface area (Å²) in [7, 11) is 2.00. The van der Waals surface area contributed by atoms with Crippen LogP contribution >= 0.6 is 11.3 Å². The van der Waals surface area contributed by atoms with E-state index in [2.05, 4.69) is 18.0 Å². The zero-order valence-electron chi connectivity index (χ0n) is 14.0. The van der Waals surface area contributed by atoms with Gasteiger partial charge in [0.25, 0.3) is 5.91 Å². The quantitative estimate of drug-likeness (QED) is 0.709. The molecule has 3 aromatic rings. The minimum absolute atomic E-state index is 0.143. The van der Waals surface area contributed by atoms with E-state index in [1.165, 1.54) is 9.88 Å². The second-order valence-corrected chi connectivity index (χ2v) is 7.84. The van der Waals surface area contributed by atoms with Gasteiger partial charge in [-0.2, -0.15) is 0 Å². The van der Waals surface area contributed by atoms with E-state index < -0.39 is 0 Å². The third-order valence-corrected chi connectivity index (χ3v) is 5.90. The van der Waals surface area contributed by atoms with Crippen molar-refractivity contribution < 1.29 is 4.79 Å². The van der Waals surface area contributed by atoms with Crippen molar-refractivity contribution in [1.82, 2.24) is 14.5 Å². The van der Waals surface area contributed by atoms with E-state index in [0.717, 1.165) is 42.4 Å².